The normalized spacial score (nSPS) is 18.1. The number of hydrogen-bond acceptors (Lipinski definition) is 4. The molecule has 148 valence electrons. The van der Waals surface area contributed by atoms with Gasteiger partial charge in [-0.05, 0) is 42.4 Å². The fourth-order valence-corrected chi connectivity index (χ4v) is 4.08. The van der Waals surface area contributed by atoms with Crippen molar-refractivity contribution < 1.29 is 9.47 Å². The first-order valence-corrected chi connectivity index (χ1v) is 9.92. The zero-order chi connectivity index (χ0) is 19.4. The second-order valence-corrected chi connectivity index (χ2v) is 7.71. The predicted octanol–water partition coefficient (Wildman–Crippen LogP) is 3.83. The van der Waals surface area contributed by atoms with Gasteiger partial charge in [0, 0.05) is 45.0 Å². The van der Waals surface area contributed by atoms with Gasteiger partial charge in [-0.2, -0.15) is 0 Å². The highest BCUT2D eigenvalue weighted by Gasteiger charge is 2.43. The second kappa shape index (κ2) is 8.09. The minimum atomic E-state index is 0.563. The van der Waals surface area contributed by atoms with Gasteiger partial charge < -0.3 is 19.7 Å². The van der Waals surface area contributed by atoms with Crippen LogP contribution in [0.15, 0.2) is 47.6 Å². The fraction of sp³-hybridized carbons (Fsp3) is 0.455. The maximum atomic E-state index is 5.80. The Labute approximate surface area is 166 Å². The van der Waals surface area contributed by atoms with Crippen molar-refractivity contribution in [3.05, 3.63) is 48.2 Å². The monoisotopic (exact) mass is 380 g/mol. The lowest BCUT2D eigenvalue weighted by Crippen LogP contribution is -2.42. The summed E-state index contributed by atoms with van der Waals surface area (Å²) in [7, 11) is 3.50. The van der Waals surface area contributed by atoms with E-state index in [2.05, 4.69) is 20.2 Å². The number of nitrogens with zero attached hydrogens (tertiary/aromatic N) is 3. The van der Waals surface area contributed by atoms with Gasteiger partial charge in [0.15, 0.2) is 5.96 Å². The smallest absolute Gasteiger partial charge is 0.219 e. The van der Waals surface area contributed by atoms with E-state index in [1.807, 2.05) is 49.6 Å². The topological polar surface area (TPSA) is 59.0 Å². The molecule has 0 unspecified atom stereocenters. The molecule has 6 nitrogen and oxygen atoms in total. The molecule has 4 rings (SSSR count). The second-order valence-electron chi connectivity index (χ2n) is 7.71. The van der Waals surface area contributed by atoms with E-state index >= 15 is 0 Å². The average molecular weight is 380 g/mol. The molecule has 1 aromatic carbocycles. The first kappa shape index (κ1) is 18.6. The van der Waals surface area contributed by atoms with E-state index in [0.717, 1.165) is 30.4 Å². The number of likely N-dealkylation sites (tertiary alicyclic amines) is 1. The van der Waals surface area contributed by atoms with E-state index in [0.29, 0.717) is 23.6 Å². The Morgan fingerprint density at radius 3 is 2.71 bits per heavy atom. The molecular formula is C22H28N4O2. The van der Waals surface area contributed by atoms with Crippen LogP contribution in [-0.4, -0.2) is 43.1 Å². The number of aliphatic imine (C=N–C) groups is 1. The van der Waals surface area contributed by atoms with Crippen molar-refractivity contribution in [2.75, 3.05) is 27.2 Å². The largest absolute Gasteiger partial charge is 0.497 e. The van der Waals surface area contributed by atoms with Gasteiger partial charge in [0.2, 0.25) is 5.88 Å². The van der Waals surface area contributed by atoms with Gasteiger partial charge in [0.05, 0.1) is 7.11 Å². The Balaban J connectivity index is 1.31. The summed E-state index contributed by atoms with van der Waals surface area (Å²) in [6.07, 6.45) is 7.27. The number of pyridine rings is 1. The lowest BCUT2D eigenvalue weighted by molar-refractivity contribution is 0.151. The Morgan fingerprint density at radius 1 is 1.21 bits per heavy atom. The highest BCUT2D eigenvalue weighted by atomic mass is 16.5. The van der Waals surface area contributed by atoms with Crippen LogP contribution in [0, 0.1) is 5.41 Å². The molecule has 0 amide bonds. The maximum absolute atomic E-state index is 5.80. The van der Waals surface area contributed by atoms with Gasteiger partial charge in [0.25, 0.3) is 0 Å². The standard InChI is InChI=1S/C22H28N4O2/c1-23-21(26-12-11-22(16-26)9-4-10-22)25-15-17-7-8-20(24-14-17)28-19-6-3-5-18(13-19)27-2/h3,5-8,13-14H,4,9-12,15-16H2,1-2H3,(H,23,25). The van der Waals surface area contributed by atoms with Crippen LogP contribution >= 0.6 is 0 Å². The SMILES string of the molecule is CN=C(NCc1ccc(Oc2cccc(OC)c2)nc1)N1CCC2(CCC2)C1. The Bertz CT molecular complexity index is 831. The van der Waals surface area contributed by atoms with Gasteiger partial charge in [-0.1, -0.05) is 18.6 Å². The van der Waals surface area contributed by atoms with Crippen molar-refractivity contribution in [1.82, 2.24) is 15.2 Å². The first-order valence-electron chi connectivity index (χ1n) is 9.92. The molecule has 2 fully saturated rings. The molecule has 0 atom stereocenters. The summed E-state index contributed by atoms with van der Waals surface area (Å²) in [5.74, 6) is 3.01. The average Bonchev–Trinajstić information content (AvgIpc) is 3.16. The van der Waals surface area contributed by atoms with Crippen molar-refractivity contribution >= 4 is 5.96 Å². The summed E-state index contributed by atoms with van der Waals surface area (Å²) in [6, 6.07) is 11.4. The van der Waals surface area contributed by atoms with Crippen LogP contribution in [0.2, 0.25) is 0 Å². The molecule has 2 aromatic rings. The molecule has 1 aliphatic carbocycles. The van der Waals surface area contributed by atoms with Crippen molar-refractivity contribution in [2.24, 2.45) is 10.4 Å². The van der Waals surface area contributed by atoms with Crippen LogP contribution in [-0.2, 0) is 6.54 Å². The van der Waals surface area contributed by atoms with Crippen molar-refractivity contribution in [2.45, 2.75) is 32.2 Å². The van der Waals surface area contributed by atoms with E-state index in [1.54, 1.807) is 7.11 Å². The van der Waals surface area contributed by atoms with E-state index in [9.17, 15) is 0 Å². The highest BCUT2D eigenvalue weighted by Crippen LogP contribution is 2.47. The fourth-order valence-electron chi connectivity index (χ4n) is 4.08. The van der Waals surface area contributed by atoms with E-state index < -0.39 is 0 Å². The number of rotatable bonds is 5. The molecule has 0 bridgehead atoms. The van der Waals surface area contributed by atoms with E-state index in [-0.39, 0.29) is 0 Å². The minimum absolute atomic E-state index is 0.563. The van der Waals surface area contributed by atoms with Gasteiger partial charge in [0.1, 0.15) is 11.5 Å². The summed E-state index contributed by atoms with van der Waals surface area (Å²) < 4.78 is 11.0. The number of benzene rings is 1. The van der Waals surface area contributed by atoms with Crippen LogP contribution in [0.3, 0.4) is 0 Å². The Hall–Kier alpha value is -2.76. The molecule has 1 saturated carbocycles. The number of guanidine groups is 1. The number of ether oxygens (including phenoxy) is 2. The van der Waals surface area contributed by atoms with Gasteiger partial charge in [-0.3, -0.25) is 4.99 Å². The quantitative estimate of drug-likeness (QED) is 0.631. The lowest BCUT2D eigenvalue weighted by atomic mass is 9.68. The zero-order valence-electron chi connectivity index (χ0n) is 16.6. The van der Waals surface area contributed by atoms with Crippen LogP contribution in [0.4, 0.5) is 0 Å². The van der Waals surface area contributed by atoms with Crippen molar-refractivity contribution in [3.63, 3.8) is 0 Å². The Morgan fingerprint density at radius 2 is 2.07 bits per heavy atom. The third-order valence-electron chi connectivity index (χ3n) is 5.88. The highest BCUT2D eigenvalue weighted by molar-refractivity contribution is 5.80. The van der Waals surface area contributed by atoms with Gasteiger partial charge in [-0.25, -0.2) is 4.98 Å². The third kappa shape index (κ3) is 4.06. The summed E-state index contributed by atoms with van der Waals surface area (Å²) in [5, 5.41) is 3.48. The summed E-state index contributed by atoms with van der Waals surface area (Å²) in [5.41, 5.74) is 1.66. The van der Waals surface area contributed by atoms with Crippen LogP contribution in [0.25, 0.3) is 0 Å². The zero-order valence-corrected chi connectivity index (χ0v) is 16.6. The molecule has 1 spiro atoms. The minimum Gasteiger partial charge on any atom is -0.497 e. The molecule has 1 aromatic heterocycles. The number of methoxy groups -OCH3 is 1. The molecule has 2 heterocycles. The molecule has 2 aliphatic rings. The molecule has 0 radical (unpaired) electrons. The van der Waals surface area contributed by atoms with Gasteiger partial charge in [-0.15, -0.1) is 0 Å². The summed E-state index contributed by atoms with van der Waals surface area (Å²) >= 11 is 0. The molecule has 1 saturated heterocycles. The van der Waals surface area contributed by atoms with E-state index in [1.165, 1.54) is 25.7 Å². The summed E-state index contributed by atoms with van der Waals surface area (Å²) in [6.45, 7) is 2.94. The predicted molar refractivity (Wildman–Crippen MR) is 110 cm³/mol. The first-order chi connectivity index (χ1) is 13.7. The molecular weight excluding hydrogens is 352 g/mol. The number of aromatic nitrogens is 1. The molecule has 28 heavy (non-hydrogen) atoms. The number of nitrogens with one attached hydrogen (secondary N) is 1. The lowest BCUT2D eigenvalue weighted by Gasteiger charge is -2.38. The molecule has 1 N–H and O–H groups in total. The van der Waals surface area contributed by atoms with Crippen molar-refractivity contribution in [3.8, 4) is 17.4 Å². The number of hydrogen-bond donors (Lipinski definition) is 1. The molecule has 1 aliphatic heterocycles. The molecule has 6 heteroatoms. The van der Waals surface area contributed by atoms with Crippen LogP contribution < -0.4 is 14.8 Å². The van der Waals surface area contributed by atoms with Gasteiger partial charge >= 0.3 is 0 Å². The summed E-state index contributed by atoms with van der Waals surface area (Å²) in [4.78, 5) is 11.3. The Kier molecular flexibility index (Phi) is 5.37. The third-order valence-corrected chi connectivity index (χ3v) is 5.88. The van der Waals surface area contributed by atoms with Crippen molar-refractivity contribution in [1.29, 1.82) is 0 Å². The maximum Gasteiger partial charge on any atom is 0.219 e. The van der Waals surface area contributed by atoms with E-state index in [4.69, 9.17) is 9.47 Å². The van der Waals surface area contributed by atoms with Crippen LogP contribution in [0.5, 0.6) is 17.4 Å². The van der Waals surface area contributed by atoms with Crippen LogP contribution in [0.1, 0.15) is 31.2 Å².